The van der Waals surface area contributed by atoms with Crippen molar-refractivity contribution in [2.45, 2.75) is 26.8 Å². The van der Waals surface area contributed by atoms with Gasteiger partial charge in [0.2, 0.25) is 17.7 Å². The highest BCUT2D eigenvalue weighted by atomic mass is 16.5. The van der Waals surface area contributed by atoms with Crippen LogP contribution >= 0.6 is 0 Å². The molecule has 32 heavy (non-hydrogen) atoms. The average molecular weight is 440 g/mol. The van der Waals surface area contributed by atoms with Gasteiger partial charge in [-0.15, -0.1) is 0 Å². The molecule has 1 aliphatic rings. The fraction of sp³-hybridized carbons (Fsp3) is 0.375. The number of carbonyl (C=O) groups is 3. The summed E-state index contributed by atoms with van der Waals surface area (Å²) >= 11 is 0. The van der Waals surface area contributed by atoms with Crippen molar-refractivity contribution in [3.8, 4) is 11.5 Å². The Morgan fingerprint density at radius 2 is 1.88 bits per heavy atom. The van der Waals surface area contributed by atoms with Crippen LogP contribution in [0.15, 0.2) is 42.5 Å². The monoisotopic (exact) mass is 439 g/mol. The van der Waals surface area contributed by atoms with Crippen LogP contribution in [-0.4, -0.2) is 49.9 Å². The Morgan fingerprint density at radius 3 is 2.53 bits per heavy atom. The van der Waals surface area contributed by atoms with Crippen LogP contribution in [0.25, 0.3) is 0 Å². The minimum Gasteiger partial charge on any atom is -0.493 e. The largest absolute Gasteiger partial charge is 0.493 e. The van der Waals surface area contributed by atoms with Crippen molar-refractivity contribution < 1.29 is 23.9 Å². The normalized spacial score (nSPS) is 15.4. The Hall–Kier alpha value is -3.55. The third-order valence-corrected chi connectivity index (χ3v) is 5.57. The zero-order valence-corrected chi connectivity index (χ0v) is 18.9. The van der Waals surface area contributed by atoms with Crippen molar-refractivity contribution in [1.82, 2.24) is 4.90 Å². The van der Waals surface area contributed by atoms with Gasteiger partial charge in [0, 0.05) is 50.4 Å². The highest BCUT2D eigenvalue weighted by molar-refractivity contribution is 6.03. The maximum absolute atomic E-state index is 12.9. The molecule has 0 radical (unpaired) electrons. The Kier molecular flexibility index (Phi) is 7.35. The van der Waals surface area contributed by atoms with Gasteiger partial charge in [0.25, 0.3) is 0 Å². The fourth-order valence-electron chi connectivity index (χ4n) is 3.78. The van der Waals surface area contributed by atoms with Crippen LogP contribution in [0.3, 0.4) is 0 Å². The zero-order chi connectivity index (χ0) is 23.3. The van der Waals surface area contributed by atoms with E-state index in [1.54, 1.807) is 41.2 Å². The van der Waals surface area contributed by atoms with E-state index in [1.807, 2.05) is 25.1 Å². The average Bonchev–Trinajstić information content (AvgIpc) is 3.18. The number of ether oxygens (including phenoxy) is 2. The highest BCUT2D eigenvalue weighted by Gasteiger charge is 2.35. The van der Waals surface area contributed by atoms with Crippen LogP contribution in [-0.2, 0) is 20.9 Å². The molecule has 1 atom stereocenters. The molecule has 8 heteroatoms. The molecule has 0 aromatic heterocycles. The summed E-state index contributed by atoms with van der Waals surface area (Å²) in [5.41, 5.74) is 2.23. The first-order valence-corrected chi connectivity index (χ1v) is 10.5. The lowest BCUT2D eigenvalue weighted by Crippen LogP contribution is -2.28. The molecular formula is C24H29N3O5. The lowest BCUT2D eigenvalue weighted by molar-refractivity contribution is -0.129. The summed E-state index contributed by atoms with van der Waals surface area (Å²) in [5.74, 6) is 0.298. The van der Waals surface area contributed by atoms with Crippen LogP contribution in [0.2, 0.25) is 0 Å². The molecule has 1 saturated heterocycles. The Bertz CT molecular complexity index is 1010. The van der Waals surface area contributed by atoms with Crippen molar-refractivity contribution in [2.24, 2.45) is 5.92 Å². The quantitative estimate of drug-likeness (QED) is 0.683. The number of hydrogen-bond donors (Lipinski definition) is 1. The number of nitrogens with zero attached hydrogens (tertiary/aromatic N) is 2. The van der Waals surface area contributed by atoms with Gasteiger partial charge in [-0.2, -0.15) is 0 Å². The van der Waals surface area contributed by atoms with Crippen LogP contribution in [0.5, 0.6) is 11.5 Å². The van der Waals surface area contributed by atoms with Gasteiger partial charge in [-0.05, 0) is 36.8 Å². The van der Waals surface area contributed by atoms with Gasteiger partial charge < -0.3 is 24.6 Å². The lowest BCUT2D eigenvalue weighted by atomic mass is 10.1. The van der Waals surface area contributed by atoms with Crippen molar-refractivity contribution >= 4 is 29.1 Å². The van der Waals surface area contributed by atoms with Gasteiger partial charge in [0.15, 0.2) is 11.5 Å². The summed E-state index contributed by atoms with van der Waals surface area (Å²) in [5, 5.41) is 2.91. The van der Waals surface area contributed by atoms with E-state index in [-0.39, 0.29) is 30.7 Å². The minimum atomic E-state index is -0.469. The molecular weight excluding hydrogens is 410 g/mol. The van der Waals surface area contributed by atoms with Crippen LogP contribution in [0.4, 0.5) is 11.4 Å². The maximum atomic E-state index is 12.9. The van der Waals surface area contributed by atoms with E-state index in [2.05, 4.69) is 5.32 Å². The summed E-state index contributed by atoms with van der Waals surface area (Å²) in [6.07, 6.45) is 0.133. The summed E-state index contributed by atoms with van der Waals surface area (Å²) in [6.45, 7) is 4.84. The van der Waals surface area contributed by atoms with Gasteiger partial charge >= 0.3 is 0 Å². The van der Waals surface area contributed by atoms with Crippen molar-refractivity contribution in [1.29, 1.82) is 0 Å². The molecule has 1 unspecified atom stereocenters. The maximum Gasteiger partial charge on any atom is 0.229 e. The summed E-state index contributed by atoms with van der Waals surface area (Å²) in [6, 6.07) is 12.7. The van der Waals surface area contributed by atoms with Crippen molar-refractivity contribution in [3.05, 3.63) is 48.0 Å². The SMILES string of the molecule is CCN(Cc1cccc(NC(=O)C2CC(=O)N(c3ccc(OC)c(OC)c3)C2)c1)C(C)=O. The molecule has 1 N–H and O–H groups in total. The van der Waals surface area contributed by atoms with Gasteiger partial charge in [-0.3, -0.25) is 14.4 Å². The molecule has 1 fully saturated rings. The molecule has 0 saturated carbocycles. The minimum absolute atomic E-state index is 0.00154. The van der Waals surface area contributed by atoms with E-state index in [9.17, 15) is 14.4 Å². The second-order valence-electron chi connectivity index (χ2n) is 7.67. The second-order valence-corrected chi connectivity index (χ2v) is 7.67. The molecule has 8 nitrogen and oxygen atoms in total. The topological polar surface area (TPSA) is 88.2 Å². The van der Waals surface area contributed by atoms with Crippen LogP contribution in [0.1, 0.15) is 25.8 Å². The Labute approximate surface area is 188 Å². The fourth-order valence-corrected chi connectivity index (χ4v) is 3.78. The van der Waals surface area contributed by atoms with E-state index in [0.717, 1.165) is 5.56 Å². The number of rotatable bonds is 8. The summed E-state index contributed by atoms with van der Waals surface area (Å²) in [7, 11) is 3.09. The smallest absolute Gasteiger partial charge is 0.229 e. The molecule has 2 aromatic carbocycles. The second kappa shape index (κ2) is 10.2. The molecule has 1 heterocycles. The first kappa shape index (κ1) is 23.1. The predicted octanol–water partition coefficient (Wildman–Crippen LogP) is 3.06. The van der Waals surface area contributed by atoms with Crippen molar-refractivity contribution in [2.75, 3.05) is 37.5 Å². The standard InChI is InChI=1S/C24H29N3O5/c1-5-26(16(2)28)14-17-7-6-8-19(11-17)25-24(30)18-12-23(29)27(15-18)20-9-10-21(31-3)22(13-20)32-4/h6-11,13,18H,5,12,14-15H2,1-4H3,(H,25,30). The summed E-state index contributed by atoms with van der Waals surface area (Å²) in [4.78, 5) is 40.5. The lowest BCUT2D eigenvalue weighted by Gasteiger charge is -2.20. The molecule has 0 aliphatic carbocycles. The molecule has 1 aliphatic heterocycles. The van der Waals surface area contributed by atoms with Crippen LogP contribution in [0, 0.1) is 5.92 Å². The molecule has 0 bridgehead atoms. The van der Waals surface area contributed by atoms with Gasteiger partial charge in [-0.25, -0.2) is 0 Å². The molecule has 3 amide bonds. The van der Waals surface area contributed by atoms with Crippen molar-refractivity contribution in [3.63, 3.8) is 0 Å². The van der Waals surface area contributed by atoms with E-state index in [4.69, 9.17) is 9.47 Å². The molecule has 3 rings (SSSR count). The third-order valence-electron chi connectivity index (χ3n) is 5.57. The van der Waals surface area contributed by atoms with E-state index >= 15 is 0 Å². The van der Waals surface area contributed by atoms with Crippen LogP contribution < -0.4 is 19.7 Å². The zero-order valence-electron chi connectivity index (χ0n) is 18.9. The van der Waals surface area contributed by atoms with Gasteiger partial charge in [0.05, 0.1) is 20.1 Å². The molecule has 170 valence electrons. The first-order valence-electron chi connectivity index (χ1n) is 10.5. The summed E-state index contributed by atoms with van der Waals surface area (Å²) < 4.78 is 10.6. The number of benzene rings is 2. The number of anilines is 2. The molecule has 0 spiro atoms. The molecule has 2 aromatic rings. The number of hydrogen-bond acceptors (Lipinski definition) is 5. The van der Waals surface area contributed by atoms with E-state index in [0.29, 0.717) is 36.0 Å². The van der Waals surface area contributed by atoms with E-state index in [1.165, 1.54) is 14.0 Å². The Morgan fingerprint density at radius 1 is 1.12 bits per heavy atom. The number of nitrogens with one attached hydrogen (secondary N) is 1. The number of amides is 3. The van der Waals surface area contributed by atoms with Gasteiger partial charge in [-0.1, -0.05) is 12.1 Å². The van der Waals surface area contributed by atoms with E-state index < -0.39 is 5.92 Å². The highest BCUT2D eigenvalue weighted by Crippen LogP contribution is 2.34. The van der Waals surface area contributed by atoms with Gasteiger partial charge in [0.1, 0.15) is 0 Å². The first-order chi connectivity index (χ1) is 15.4. The Balaban J connectivity index is 1.68. The predicted molar refractivity (Wildman–Crippen MR) is 122 cm³/mol. The number of methoxy groups -OCH3 is 2. The third kappa shape index (κ3) is 5.19. The number of carbonyl (C=O) groups excluding carboxylic acids is 3.